The van der Waals surface area contributed by atoms with E-state index < -0.39 is 0 Å². The molecule has 0 bridgehead atoms. The summed E-state index contributed by atoms with van der Waals surface area (Å²) in [6.07, 6.45) is 4.12. The molecule has 1 aromatic carbocycles. The van der Waals surface area contributed by atoms with Crippen molar-refractivity contribution in [2.24, 2.45) is 0 Å². The molecule has 1 aromatic rings. The Morgan fingerprint density at radius 1 is 1.42 bits per heavy atom. The van der Waals surface area contributed by atoms with Crippen LogP contribution in [0.4, 0.5) is 5.69 Å². The van der Waals surface area contributed by atoms with Gasteiger partial charge in [0.25, 0.3) is 0 Å². The molecule has 0 saturated carbocycles. The Balaban J connectivity index is 2.53. The third kappa shape index (κ3) is 1.05. The monoisotopic (exact) mass is 160 g/mol. The first-order valence-electron chi connectivity index (χ1n) is 3.93. The molecule has 0 spiro atoms. The van der Waals surface area contributed by atoms with Gasteiger partial charge in [0.15, 0.2) is 0 Å². The fourth-order valence-electron chi connectivity index (χ4n) is 1.33. The predicted molar refractivity (Wildman–Crippen MR) is 48.7 cm³/mol. The lowest BCUT2D eigenvalue weighted by Crippen LogP contribution is -2.04. The number of rotatable bonds is 1. The summed E-state index contributed by atoms with van der Waals surface area (Å²) in [5.41, 5.74) is 2.11. The minimum absolute atomic E-state index is 0.757. The highest BCUT2D eigenvalue weighted by Crippen LogP contribution is 2.30. The lowest BCUT2D eigenvalue weighted by Gasteiger charge is -2.13. The molecule has 0 atom stereocenters. The number of hydrogen-bond donors (Lipinski definition) is 0. The van der Waals surface area contributed by atoms with Gasteiger partial charge in [0.05, 0.1) is 13.7 Å². The Bertz CT molecular complexity index is 318. The molecule has 0 aromatic heterocycles. The summed E-state index contributed by atoms with van der Waals surface area (Å²) in [5, 5.41) is 4.35. The average molecular weight is 160 g/mol. The predicted octanol–water partition coefficient (Wildman–Crippen LogP) is 1.96. The minimum Gasteiger partial charge on any atom is -0.494 e. The van der Waals surface area contributed by atoms with Gasteiger partial charge in [-0.2, -0.15) is 0 Å². The Morgan fingerprint density at radius 2 is 2.33 bits per heavy atom. The molecule has 0 unspecified atom stereocenters. The standard InChI is InChI=1S/C10H10NO/c1-12-9-6-2-4-8-5-3-7-11-10(8)9/h2-6H,7H2,1H3. The first-order valence-corrected chi connectivity index (χ1v) is 3.93. The molecule has 1 heterocycles. The van der Waals surface area contributed by atoms with E-state index in [4.69, 9.17) is 4.74 Å². The quantitative estimate of drug-likeness (QED) is 0.616. The van der Waals surface area contributed by atoms with Crippen molar-refractivity contribution >= 4 is 11.8 Å². The van der Waals surface area contributed by atoms with Crippen molar-refractivity contribution in [2.75, 3.05) is 13.7 Å². The van der Waals surface area contributed by atoms with Gasteiger partial charge in [-0.1, -0.05) is 24.3 Å². The number of benzene rings is 1. The van der Waals surface area contributed by atoms with E-state index in [0.717, 1.165) is 23.5 Å². The molecule has 0 aliphatic carbocycles. The van der Waals surface area contributed by atoms with Gasteiger partial charge in [0.1, 0.15) is 11.4 Å². The number of para-hydroxylation sites is 1. The average Bonchev–Trinajstić information content (AvgIpc) is 2.17. The van der Waals surface area contributed by atoms with Crippen molar-refractivity contribution in [1.82, 2.24) is 5.32 Å². The first kappa shape index (κ1) is 7.22. The second kappa shape index (κ2) is 2.89. The third-order valence-electron chi connectivity index (χ3n) is 1.90. The van der Waals surface area contributed by atoms with E-state index in [-0.39, 0.29) is 0 Å². The number of nitrogens with zero attached hydrogens (tertiary/aromatic N) is 1. The van der Waals surface area contributed by atoms with Crippen molar-refractivity contribution in [3.63, 3.8) is 0 Å². The Labute approximate surface area is 71.9 Å². The van der Waals surface area contributed by atoms with Gasteiger partial charge in [0, 0.05) is 5.56 Å². The Morgan fingerprint density at radius 3 is 3.17 bits per heavy atom. The van der Waals surface area contributed by atoms with Crippen LogP contribution in [0.2, 0.25) is 0 Å². The topological polar surface area (TPSA) is 23.3 Å². The van der Waals surface area contributed by atoms with E-state index in [9.17, 15) is 0 Å². The van der Waals surface area contributed by atoms with Crippen molar-refractivity contribution in [3.05, 3.63) is 29.8 Å². The van der Waals surface area contributed by atoms with Crippen LogP contribution in [-0.2, 0) is 0 Å². The molecule has 2 nitrogen and oxygen atoms in total. The molecule has 0 N–H and O–H groups in total. The maximum absolute atomic E-state index is 5.18. The lowest BCUT2D eigenvalue weighted by molar-refractivity contribution is 0.413. The maximum atomic E-state index is 5.18. The van der Waals surface area contributed by atoms with E-state index in [1.54, 1.807) is 7.11 Å². The van der Waals surface area contributed by atoms with Crippen LogP contribution < -0.4 is 10.1 Å². The zero-order chi connectivity index (χ0) is 8.39. The summed E-state index contributed by atoms with van der Waals surface area (Å²) in [4.78, 5) is 0. The molecule has 2 heteroatoms. The smallest absolute Gasteiger partial charge is 0.144 e. The highest BCUT2D eigenvalue weighted by molar-refractivity contribution is 5.71. The van der Waals surface area contributed by atoms with Crippen LogP contribution in [0.25, 0.3) is 6.08 Å². The second-order valence-corrected chi connectivity index (χ2v) is 2.64. The van der Waals surface area contributed by atoms with Crippen LogP contribution in [0.5, 0.6) is 5.75 Å². The van der Waals surface area contributed by atoms with E-state index in [1.165, 1.54) is 0 Å². The number of methoxy groups -OCH3 is 1. The number of ether oxygens (including phenoxy) is 1. The molecule has 1 aliphatic heterocycles. The summed E-state index contributed by atoms with van der Waals surface area (Å²) in [6, 6.07) is 5.95. The number of fused-ring (bicyclic) bond motifs is 1. The highest BCUT2D eigenvalue weighted by Gasteiger charge is 2.09. The van der Waals surface area contributed by atoms with E-state index in [2.05, 4.69) is 11.4 Å². The van der Waals surface area contributed by atoms with Gasteiger partial charge >= 0.3 is 0 Å². The summed E-state index contributed by atoms with van der Waals surface area (Å²) in [7, 11) is 1.67. The molecule has 12 heavy (non-hydrogen) atoms. The highest BCUT2D eigenvalue weighted by atomic mass is 16.5. The van der Waals surface area contributed by atoms with E-state index >= 15 is 0 Å². The minimum atomic E-state index is 0.757. The maximum Gasteiger partial charge on any atom is 0.144 e. The van der Waals surface area contributed by atoms with Crippen LogP contribution in [0.15, 0.2) is 24.3 Å². The summed E-state index contributed by atoms with van der Waals surface area (Å²) in [5.74, 6) is 0.858. The zero-order valence-corrected chi connectivity index (χ0v) is 6.95. The van der Waals surface area contributed by atoms with E-state index in [1.807, 2.05) is 24.3 Å². The fourth-order valence-corrected chi connectivity index (χ4v) is 1.33. The molecule has 2 rings (SSSR count). The molecule has 61 valence electrons. The van der Waals surface area contributed by atoms with Crippen molar-refractivity contribution in [3.8, 4) is 5.75 Å². The van der Waals surface area contributed by atoms with E-state index in [0.29, 0.717) is 0 Å². The zero-order valence-electron chi connectivity index (χ0n) is 6.95. The first-order chi connectivity index (χ1) is 5.92. The van der Waals surface area contributed by atoms with Crippen LogP contribution in [-0.4, -0.2) is 13.7 Å². The van der Waals surface area contributed by atoms with Gasteiger partial charge in [-0.3, -0.25) is 5.32 Å². The Kier molecular flexibility index (Phi) is 1.74. The third-order valence-corrected chi connectivity index (χ3v) is 1.90. The fraction of sp³-hybridized carbons (Fsp3) is 0.200. The Hall–Kier alpha value is -1.44. The largest absolute Gasteiger partial charge is 0.494 e. The van der Waals surface area contributed by atoms with Crippen LogP contribution in [0, 0.1) is 0 Å². The molecule has 1 radical (unpaired) electrons. The van der Waals surface area contributed by atoms with Gasteiger partial charge in [0.2, 0.25) is 0 Å². The SMILES string of the molecule is COc1cccc2c1[N]CC=C2. The van der Waals surface area contributed by atoms with Gasteiger partial charge in [-0.15, -0.1) is 0 Å². The number of hydrogen-bond acceptors (Lipinski definition) is 1. The van der Waals surface area contributed by atoms with Crippen LogP contribution in [0.3, 0.4) is 0 Å². The molecular weight excluding hydrogens is 150 g/mol. The van der Waals surface area contributed by atoms with Crippen molar-refractivity contribution in [2.45, 2.75) is 0 Å². The van der Waals surface area contributed by atoms with Crippen molar-refractivity contribution in [1.29, 1.82) is 0 Å². The normalized spacial score (nSPS) is 13.4. The second-order valence-electron chi connectivity index (χ2n) is 2.64. The van der Waals surface area contributed by atoms with Gasteiger partial charge in [-0.05, 0) is 6.07 Å². The summed E-state index contributed by atoms with van der Waals surface area (Å²) >= 11 is 0. The molecule has 0 amide bonds. The summed E-state index contributed by atoms with van der Waals surface area (Å²) < 4.78 is 5.18. The molecule has 0 fully saturated rings. The van der Waals surface area contributed by atoms with Gasteiger partial charge < -0.3 is 4.74 Å². The summed E-state index contributed by atoms with van der Waals surface area (Å²) in [6.45, 7) is 0.757. The molecular formula is C10H10NO. The van der Waals surface area contributed by atoms with Gasteiger partial charge in [-0.25, -0.2) is 0 Å². The lowest BCUT2D eigenvalue weighted by atomic mass is 10.1. The van der Waals surface area contributed by atoms with Crippen LogP contribution >= 0.6 is 0 Å². The van der Waals surface area contributed by atoms with Crippen LogP contribution in [0.1, 0.15) is 5.56 Å². The molecule has 1 aliphatic rings. The van der Waals surface area contributed by atoms with Crippen molar-refractivity contribution < 1.29 is 4.74 Å². The molecule has 0 saturated heterocycles.